The van der Waals surface area contributed by atoms with E-state index in [-0.39, 0.29) is 23.3 Å². The van der Waals surface area contributed by atoms with E-state index >= 15 is 0 Å². The minimum absolute atomic E-state index is 0.0311. The third kappa shape index (κ3) is 3.78. The number of ether oxygens (including phenoxy) is 1. The number of nitrogens with two attached hydrogens (primary N) is 1. The van der Waals surface area contributed by atoms with E-state index in [1.54, 1.807) is 0 Å². The van der Waals surface area contributed by atoms with Crippen molar-refractivity contribution in [3.8, 4) is 0 Å². The van der Waals surface area contributed by atoms with Crippen molar-refractivity contribution in [1.82, 2.24) is 4.98 Å². The van der Waals surface area contributed by atoms with Crippen molar-refractivity contribution in [2.45, 2.75) is 32.8 Å². The maximum Gasteiger partial charge on any atom is 0.341 e. The highest BCUT2D eigenvalue weighted by molar-refractivity contribution is 7.09. The highest BCUT2D eigenvalue weighted by Gasteiger charge is 2.18. The van der Waals surface area contributed by atoms with E-state index in [9.17, 15) is 9.18 Å². The molecule has 0 unspecified atom stereocenters. The van der Waals surface area contributed by atoms with E-state index in [1.165, 1.54) is 23.5 Å². The van der Waals surface area contributed by atoms with Crippen LogP contribution in [-0.2, 0) is 16.8 Å². The number of benzene rings is 1. The Morgan fingerprint density at radius 3 is 2.71 bits per heavy atom. The third-order valence-corrected chi connectivity index (χ3v) is 3.68. The summed E-state index contributed by atoms with van der Waals surface area (Å²) in [6.07, 6.45) is 0. The quantitative estimate of drug-likeness (QED) is 0.696. The second kappa shape index (κ2) is 5.81. The zero-order valence-corrected chi connectivity index (χ0v) is 13.0. The van der Waals surface area contributed by atoms with Gasteiger partial charge in [0.1, 0.15) is 17.4 Å². The summed E-state index contributed by atoms with van der Waals surface area (Å²) in [6.45, 7) is 6.20. The van der Waals surface area contributed by atoms with Gasteiger partial charge in [-0.05, 0) is 18.2 Å². The summed E-state index contributed by atoms with van der Waals surface area (Å²) in [5, 5.41) is 2.62. The SMILES string of the molecule is CC(C)(C)c1csc(COC(=O)c2ccc(N)cc2F)n1. The predicted molar refractivity (Wildman–Crippen MR) is 80.7 cm³/mol. The van der Waals surface area contributed by atoms with Crippen molar-refractivity contribution in [1.29, 1.82) is 0 Å². The lowest BCUT2D eigenvalue weighted by atomic mass is 9.93. The molecule has 0 radical (unpaired) electrons. The number of hydrogen-bond donors (Lipinski definition) is 1. The Morgan fingerprint density at radius 1 is 1.43 bits per heavy atom. The molecule has 4 nitrogen and oxygen atoms in total. The summed E-state index contributed by atoms with van der Waals surface area (Å²) in [7, 11) is 0. The lowest BCUT2D eigenvalue weighted by Gasteiger charge is -2.14. The molecule has 0 amide bonds. The fraction of sp³-hybridized carbons (Fsp3) is 0.333. The first kappa shape index (κ1) is 15.4. The molecule has 0 bridgehead atoms. The van der Waals surface area contributed by atoms with Crippen molar-refractivity contribution >= 4 is 23.0 Å². The molecule has 6 heteroatoms. The number of carbonyl (C=O) groups excluding carboxylic acids is 1. The van der Waals surface area contributed by atoms with Crippen molar-refractivity contribution in [2.24, 2.45) is 0 Å². The summed E-state index contributed by atoms with van der Waals surface area (Å²) in [6, 6.07) is 3.87. The average Bonchev–Trinajstić information content (AvgIpc) is 2.84. The number of anilines is 1. The van der Waals surface area contributed by atoms with Gasteiger partial charge in [-0.1, -0.05) is 20.8 Å². The highest BCUT2D eigenvalue weighted by atomic mass is 32.1. The third-order valence-electron chi connectivity index (χ3n) is 2.86. The van der Waals surface area contributed by atoms with Crippen LogP contribution in [0.3, 0.4) is 0 Å². The molecule has 1 aromatic carbocycles. The fourth-order valence-corrected chi connectivity index (χ4v) is 2.56. The summed E-state index contributed by atoms with van der Waals surface area (Å²) in [5.41, 5.74) is 6.46. The van der Waals surface area contributed by atoms with E-state index in [2.05, 4.69) is 25.8 Å². The molecule has 0 aliphatic heterocycles. The van der Waals surface area contributed by atoms with Crippen LogP contribution in [0, 0.1) is 5.82 Å². The fourth-order valence-electron chi connectivity index (χ4n) is 1.62. The van der Waals surface area contributed by atoms with Gasteiger partial charge in [-0.3, -0.25) is 0 Å². The minimum atomic E-state index is -0.722. The Hall–Kier alpha value is -1.95. The number of aromatic nitrogens is 1. The smallest absolute Gasteiger partial charge is 0.341 e. The maximum atomic E-state index is 13.6. The molecule has 0 fully saturated rings. The van der Waals surface area contributed by atoms with Gasteiger partial charge in [0, 0.05) is 16.5 Å². The molecule has 0 atom stereocenters. The second-order valence-electron chi connectivity index (χ2n) is 5.69. The minimum Gasteiger partial charge on any atom is -0.455 e. The van der Waals surface area contributed by atoms with Crippen LogP contribution in [-0.4, -0.2) is 11.0 Å². The molecule has 1 heterocycles. The van der Waals surface area contributed by atoms with Crippen LogP contribution in [0.15, 0.2) is 23.6 Å². The Morgan fingerprint density at radius 2 is 2.14 bits per heavy atom. The van der Waals surface area contributed by atoms with Gasteiger partial charge in [-0.15, -0.1) is 11.3 Å². The number of esters is 1. The van der Waals surface area contributed by atoms with Crippen LogP contribution in [0.1, 0.15) is 41.8 Å². The van der Waals surface area contributed by atoms with E-state index in [0.29, 0.717) is 5.01 Å². The van der Waals surface area contributed by atoms with Crippen LogP contribution >= 0.6 is 11.3 Å². The molecule has 0 aliphatic rings. The molecule has 0 saturated carbocycles. The van der Waals surface area contributed by atoms with Gasteiger partial charge in [0.05, 0.1) is 11.3 Å². The number of halogens is 1. The van der Waals surface area contributed by atoms with E-state index in [4.69, 9.17) is 10.5 Å². The summed E-state index contributed by atoms with van der Waals surface area (Å²) in [4.78, 5) is 16.2. The van der Waals surface area contributed by atoms with Gasteiger partial charge in [-0.2, -0.15) is 0 Å². The molecular formula is C15H17FN2O2S. The van der Waals surface area contributed by atoms with Gasteiger partial charge in [0.15, 0.2) is 0 Å². The zero-order valence-electron chi connectivity index (χ0n) is 12.1. The topological polar surface area (TPSA) is 65.2 Å². The van der Waals surface area contributed by atoms with Crippen LogP contribution < -0.4 is 5.73 Å². The Labute approximate surface area is 126 Å². The van der Waals surface area contributed by atoms with Gasteiger partial charge in [-0.25, -0.2) is 14.2 Å². The van der Waals surface area contributed by atoms with Crippen molar-refractivity contribution in [3.63, 3.8) is 0 Å². The molecule has 1 aromatic heterocycles. The summed E-state index contributed by atoms with van der Waals surface area (Å²) in [5.74, 6) is -1.41. The van der Waals surface area contributed by atoms with Crippen molar-refractivity contribution < 1.29 is 13.9 Å². The average molecular weight is 308 g/mol. The monoisotopic (exact) mass is 308 g/mol. The molecule has 0 saturated heterocycles. The molecule has 0 aliphatic carbocycles. The molecule has 2 N–H and O–H groups in total. The molecule has 2 rings (SSSR count). The van der Waals surface area contributed by atoms with Gasteiger partial charge in [0.25, 0.3) is 0 Å². The lowest BCUT2D eigenvalue weighted by Crippen LogP contribution is -2.12. The first-order valence-corrected chi connectivity index (χ1v) is 7.32. The van der Waals surface area contributed by atoms with E-state index in [1.807, 2.05) is 5.38 Å². The first-order valence-electron chi connectivity index (χ1n) is 6.44. The Kier molecular flexibility index (Phi) is 4.27. The Balaban J connectivity index is 2.03. The zero-order chi connectivity index (χ0) is 15.6. The largest absolute Gasteiger partial charge is 0.455 e. The number of nitrogen functional groups attached to an aromatic ring is 1. The molecular weight excluding hydrogens is 291 g/mol. The standard InChI is InChI=1S/C15H17FN2O2S/c1-15(2,3)12-8-21-13(18-12)7-20-14(19)10-5-4-9(17)6-11(10)16/h4-6,8H,7,17H2,1-3H3. The number of carbonyl (C=O) groups is 1. The number of hydrogen-bond acceptors (Lipinski definition) is 5. The normalized spacial score (nSPS) is 11.4. The number of nitrogens with zero attached hydrogens (tertiary/aromatic N) is 1. The van der Waals surface area contributed by atoms with E-state index < -0.39 is 11.8 Å². The highest BCUT2D eigenvalue weighted by Crippen LogP contribution is 2.24. The molecule has 0 spiro atoms. The summed E-state index contributed by atoms with van der Waals surface area (Å²) >= 11 is 1.42. The van der Waals surface area contributed by atoms with Crippen LogP contribution in [0.5, 0.6) is 0 Å². The Bertz CT molecular complexity index is 662. The predicted octanol–water partition coefficient (Wildman–Crippen LogP) is 3.52. The first-order chi connectivity index (χ1) is 9.77. The van der Waals surface area contributed by atoms with Gasteiger partial charge in [0.2, 0.25) is 0 Å². The molecule has 21 heavy (non-hydrogen) atoms. The maximum absolute atomic E-state index is 13.6. The van der Waals surface area contributed by atoms with Crippen LogP contribution in [0.2, 0.25) is 0 Å². The molecule has 112 valence electrons. The number of thiazole rings is 1. The van der Waals surface area contributed by atoms with Gasteiger partial charge < -0.3 is 10.5 Å². The summed E-state index contributed by atoms with van der Waals surface area (Å²) < 4.78 is 18.7. The van der Waals surface area contributed by atoms with Crippen LogP contribution in [0.25, 0.3) is 0 Å². The van der Waals surface area contributed by atoms with E-state index in [0.717, 1.165) is 11.8 Å². The van der Waals surface area contributed by atoms with Crippen LogP contribution in [0.4, 0.5) is 10.1 Å². The van der Waals surface area contributed by atoms with Crippen molar-refractivity contribution in [2.75, 3.05) is 5.73 Å². The molecule has 2 aromatic rings. The lowest BCUT2D eigenvalue weighted by molar-refractivity contribution is 0.0467. The number of rotatable bonds is 3. The second-order valence-corrected chi connectivity index (χ2v) is 6.63. The van der Waals surface area contributed by atoms with Gasteiger partial charge >= 0.3 is 5.97 Å². The van der Waals surface area contributed by atoms with Crippen molar-refractivity contribution in [3.05, 3.63) is 45.7 Å².